The topological polar surface area (TPSA) is 56.9 Å². The smallest absolute Gasteiger partial charge is 0.328 e. The number of fused-ring (bicyclic) bond motifs is 1. The standard InChI is InChI=1S/C16H22N2O3/c1-17(2)9-6-10-18(3)15(16(19)20)14-11-12-7-4-5-8-13(12)21-14/h4-5,7-8,11,15H,6,9-10H2,1-3H3,(H,19,20). The van der Waals surface area contributed by atoms with Crippen LogP contribution in [0.25, 0.3) is 11.0 Å². The van der Waals surface area contributed by atoms with E-state index in [4.69, 9.17) is 4.42 Å². The number of likely N-dealkylation sites (N-methyl/N-ethyl adjacent to an activating group) is 1. The largest absolute Gasteiger partial charge is 0.480 e. The second kappa shape index (κ2) is 6.74. The molecule has 1 heterocycles. The highest BCUT2D eigenvalue weighted by Crippen LogP contribution is 2.27. The molecule has 2 rings (SSSR count). The van der Waals surface area contributed by atoms with Gasteiger partial charge in [0.25, 0.3) is 0 Å². The first kappa shape index (κ1) is 15.5. The third kappa shape index (κ3) is 3.83. The molecule has 21 heavy (non-hydrogen) atoms. The van der Waals surface area contributed by atoms with E-state index in [0.717, 1.165) is 23.9 Å². The molecule has 0 aliphatic heterocycles. The third-order valence-corrected chi connectivity index (χ3v) is 3.50. The Hall–Kier alpha value is -1.85. The van der Waals surface area contributed by atoms with E-state index in [1.165, 1.54) is 0 Å². The van der Waals surface area contributed by atoms with Crippen molar-refractivity contribution in [3.8, 4) is 0 Å². The van der Waals surface area contributed by atoms with Crippen molar-refractivity contribution >= 4 is 16.9 Å². The van der Waals surface area contributed by atoms with Crippen LogP contribution in [0.5, 0.6) is 0 Å². The zero-order valence-corrected chi connectivity index (χ0v) is 12.7. The van der Waals surface area contributed by atoms with Gasteiger partial charge in [0, 0.05) is 11.9 Å². The Morgan fingerprint density at radius 1 is 1.24 bits per heavy atom. The van der Waals surface area contributed by atoms with Gasteiger partial charge in [0.05, 0.1) is 0 Å². The number of carbonyl (C=O) groups is 1. The Balaban J connectivity index is 2.16. The lowest BCUT2D eigenvalue weighted by molar-refractivity contribution is -0.143. The molecule has 1 aromatic heterocycles. The van der Waals surface area contributed by atoms with Crippen LogP contribution in [-0.2, 0) is 4.79 Å². The summed E-state index contributed by atoms with van der Waals surface area (Å²) in [4.78, 5) is 15.5. The van der Waals surface area contributed by atoms with Crippen molar-refractivity contribution in [2.75, 3.05) is 34.2 Å². The average Bonchev–Trinajstić information content (AvgIpc) is 2.80. The Bertz CT molecular complexity index is 573. The third-order valence-electron chi connectivity index (χ3n) is 3.50. The number of rotatable bonds is 7. The van der Waals surface area contributed by atoms with Crippen molar-refractivity contribution in [3.63, 3.8) is 0 Å². The van der Waals surface area contributed by atoms with Crippen LogP contribution in [0.1, 0.15) is 18.2 Å². The average molecular weight is 290 g/mol. The summed E-state index contributed by atoms with van der Waals surface area (Å²) < 4.78 is 5.71. The predicted octanol–water partition coefficient (Wildman–Crippen LogP) is 2.44. The normalized spacial score (nSPS) is 13.2. The van der Waals surface area contributed by atoms with Gasteiger partial charge in [-0.25, -0.2) is 0 Å². The Labute approximate surface area is 124 Å². The van der Waals surface area contributed by atoms with E-state index in [1.54, 1.807) is 0 Å². The zero-order valence-electron chi connectivity index (χ0n) is 12.7. The van der Waals surface area contributed by atoms with E-state index < -0.39 is 12.0 Å². The Kier molecular flexibility index (Phi) is 4.98. The maximum absolute atomic E-state index is 11.6. The van der Waals surface area contributed by atoms with Crippen LogP contribution in [0.4, 0.5) is 0 Å². The van der Waals surface area contributed by atoms with Crippen LogP contribution in [-0.4, -0.2) is 55.1 Å². The molecule has 5 heteroatoms. The van der Waals surface area contributed by atoms with Gasteiger partial charge in [-0.3, -0.25) is 9.69 Å². The number of carboxylic acids is 1. The number of para-hydroxylation sites is 1. The molecule has 0 aliphatic carbocycles. The Morgan fingerprint density at radius 2 is 1.95 bits per heavy atom. The molecule has 114 valence electrons. The highest BCUT2D eigenvalue weighted by Gasteiger charge is 2.28. The minimum absolute atomic E-state index is 0.482. The van der Waals surface area contributed by atoms with Crippen LogP contribution in [0, 0.1) is 0 Å². The first-order valence-corrected chi connectivity index (χ1v) is 7.05. The lowest BCUT2D eigenvalue weighted by Gasteiger charge is -2.23. The Morgan fingerprint density at radius 3 is 2.57 bits per heavy atom. The molecule has 1 unspecified atom stereocenters. The first-order valence-electron chi connectivity index (χ1n) is 7.05. The molecular weight excluding hydrogens is 268 g/mol. The minimum atomic E-state index is -0.888. The van der Waals surface area contributed by atoms with Crippen LogP contribution < -0.4 is 0 Å². The monoisotopic (exact) mass is 290 g/mol. The molecule has 0 fully saturated rings. The predicted molar refractivity (Wildman–Crippen MR) is 82.4 cm³/mol. The van der Waals surface area contributed by atoms with Gasteiger partial charge in [0.15, 0.2) is 6.04 Å². The molecule has 2 aromatic rings. The molecule has 5 nitrogen and oxygen atoms in total. The molecule has 0 saturated carbocycles. The van der Waals surface area contributed by atoms with Gasteiger partial charge in [0.2, 0.25) is 0 Å². The van der Waals surface area contributed by atoms with Gasteiger partial charge in [-0.2, -0.15) is 0 Å². The van der Waals surface area contributed by atoms with Crippen LogP contribution in [0.15, 0.2) is 34.7 Å². The summed E-state index contributed by atoms with van der Waals surface area (Å²) in [6.45, 7) is 1.63. The molecular formula is C16H22N2O3. The van der Waals surface area contributed by atoms with Gasteiger partial charge < -0.3 is 14.4 Å². The van der Waals surface area contributed by atoms with Gasteiger partial charge >= 0.3 is 5.97 Å². The number of hydrogen-bond donors (Lipinski definition) is 1. The molecule has 0 spiro atoms. The fourth-order valence-corrected chi connectivity index (χ4v) is 2.43. The molecule has 1 aromatic carbocycles. The molecule has 1 atom stereocenters. The minimum Gasteiger partial charge on any atom is -0.480 e. The van der Waals surface area contributed by atoms with Gasteiger partial charge in [-0.1, -0.05) is 18.2 Å². The molecule has 0 amide bonds. The summed E-state index contributed by atoms with van der Waals surface area (Å²) >= 11 is 0. The van der Waals surface area contributed by atoms with E-state index in [0.29, 0.717) is 12.3 Å². The summed E-state index contributed by atoms with van der Waals surface area (Å²) in [5.74, 6) is -0.405. The van der Waals surface area contributed by atoms with Crippen molar-refractivity contribution in [2.24, 2.45) is 0 Å². The van der Waals surface area contributed by atoms with Crippen LogP contribution in [0.3, 0.4) is 0 Å². The fraction of sp³-hybridized carbons (Fsp3) is 0.438. The highest BCUT2D eigenvalue weighted by molar-refractivity contribution is 5.81. The number of carboxylic acid groups (broad SMARTS) is 1. The summed E-state index contributed by atoms with van der Waals surface area (Å²) in [6.07, 6.45) is 0.910. The van der Waals surface area contributed by atoms with Crippen LogP contribution in [0.2, 0.25) is 0 Å². The lowest BCUT2D eigenvalue weighted by atomic mass is 10.1. The molecule has 0 radical (unpaired) electrons. The maximum atomic E-state index is 11.6. The zero-order chi connectivity index (χ0) is 15.4. The summed E-state index contributed by atoms with van der Waals surface area (Å²) in [5, 5.41) is 10.4. The first-order chi connectivity index (χ1) is 9.99. The van der Waals surface area contributed by atoms with E-state index in [-0.39, 0.29) is 0 Å². The van der Waals surface area contributed by atoms with E-state index >= 15 is 0 Å². The van der Waals surface area contributed by atoms with Crippen molar-refractivity contribution in [2.45, 2.75) is 12.5 Å². The molecule has 0 bridgehead atoms. The van der Waals surface area contributed by atoms with E-state index in [1.807, 2.05) is 56.4 Å². The van der Waals surface area contributed by atoms with Crippen molar-refractivity contribution < 1.29 is 14.3 Å². The summed E-state index contributed by atoms with van der Waals surface area (Å²) in [6, 6.07) is 8.64. The van der Waals surface area contributed by atoms with Gasteiger partial charge in [-0.15, -0.1) is 0 Å². The second-order valence-corrected chi connectivity index (χ2v) is 5.56. The summed E-state index contributed by atoms with van der Waals surface area (Å²) in [5.41, 5.74) is 0.723. The van der Waals surface area contributed by atoms with Crippen molar-refractivity contribution in [1.82, 2.24) is 9.80 Å². The second-order valence-electron chi connectivity index (χ2n) is 5.56. The molecule has 0 aliphatic rings. The number of furan rings is 1. The molecule has 0 saturated heterocycles. The number of aliphatic carboxylic acids is 1. The van der Waals surface area contributed by atoms with E-state index in [9.17, 15) is 9.90 Å². The van der Waals surface area contributed by atoms with E-state index in [2.05, 4.69) is 4.90 Å². The summed E-state index contributed by atoms with van der Waals surface area (Å²) in [7, 11) is 5.84. The van der Waals surface area contributed by atoms with Crippen molar-refractivity contribution in [3.05, 3.63) is 36.1 Å². The quantitative estimate of drug-likeness (QED) is 0.849. The van der Waals surface area contributed by atoms with Crippen molar-refractivity contribution in [1.29, 1.82) is 0 Å². The highest BCUT2D eigenvalue weighted by atomic mass is 16.4. The SMILES string of the molecule is CN(C)CCCN(C)C(C(=O)O)c1cc2ccccc2o1. The number of hydrogen-bond acceptors (Lipinski definition) is 4. The fourth-order valence-electron chi connectivity index (χ4n) is 2.43. The lowest BCUT2D eigenvalue weighted by Crippen LogP contribution is -2.32. The maximum Gasteiger partial charge on any atom is 0.328 e. The van der Waals surface area contributed by atoms with Crippen LogP contribution >= 0.6 is 0 Å². The van der Waals surface area contributed by atoms with Gasteiger partial charge in [0.1, 0.15) is 11.3 Å². The number of benzene rings is 1. The molecule has 1 N–H and O–H groups in total. The van der Waals surface area contributed by atoms with Gasteiger partial charge in [-0.05, 0) is 46.2 Å². The number of nitrogens with zero attached hydrogens (tertiary/aromatic N) is 2.